The lowest BCUT2D eigenvalue weighted by Crippen LogP contribution is -2.60. The van der Waals surface area contributed by atoms with E-state index in [9.17, 15) is 18.6 Å². The van der Waals surface area contributed by atoms with E-state index < -0.39 is 22.5 Å². The fourth-order valence-corrected chi connectivity index (χ4v) is 3.82. The predicted octanol–water partition coefficient (Wildman–Crippen LogP) is 2.94. The molecule has 0 aromatic rings. The van der Waals surface area contributed by atoms with Crippen molar-refractivity contribution in [1.82, 2.24) is 0 Å². The van der Waals surface area contributed by atoms with Gasteiger partial charge >= 0.3 is 16.4 Å². The van der Waals surface area contributed by atoms with E-state index in [1.54, 1.807) is 0 Å². The molecule has 0 aromatic carbocycles. The van der Waals surface area contributed by atoms with Gasteiger partial charge < -0.3 is 10.2 Å². The maximum atomic E-state index is 10.9. The maximum absolute atomic E-state index is 10.9. The first kappa shape index (κ1) is 20.8. The van der Waals surface area contributed by atoms with Gasteiger partial charge in [0.2, 0.25) is 0 Å². The van der Waals surface area contributed by atoms with Crippen molar-refractivity contribution >= 4 is 10.4 Å². The molecule has 0 aromatic heterocycles. The van der Waals surface area contributed by atoms with Gasteiger partial charge in [-0.25, -0.2) is 0 Å². The summed E-state index contributed by atoms with van der Waals surface area (Å²) in [6.07, 6.45) is 5.59. The topological polar surface area (TPSA) is 93.1 Å². The average Bonchev–Trinajstić information content (AvgIpc) is 2.40. The van der Waals surface area contributed by atoms with Crippen molar-refractivity contribution in [3.8, 4) is 0 Å². The van der Waals surface area contributed by atoms with Gasteiger partial charge in [-0.3, -0.25) is 0 Å². The molecule has 0 saturated carbocycles. The van der Waals surface area contributed by atoms with Crippen molar-refractivity contribution < 1.29 is 27.0 Å². The van der Waals surface area contributed by atoms with Gasteiger partial charge in [-0.05, 0) is 24.2 Å². The molecule has 138 valence electrons. The molecule has 1 fully saturated rings. The second kappa shape index (κ2) is 8.76. The minimum absolute atomic E-state index is 0.265. The van der Waals surface area contributed by atoms with Crippen molar-refractivity contribution in [2.45, 2.75) is 84.7 Å². The SMILES string of the molecule is CCC(CCCC(C)CCCC(C)C)C(O)C1(O)OS(=O)(=O)O1. The van der Waals surface area contributed by atoms with Crippen LogP contribution in [0.2, 0.25) is 0 Å². The molecule has 0 amide bonds. The van der Waals surface area contributed by atoms with E-state index in [0.717, 1.165) is 18.8 Å². The summed E-state index contributed by atoms with van der Waals surface area (Å²) >= 11 is 0. The molecule has 1 aliphatic heterocycles. The normalized spacial score (nSPS) is 23.3. The third-order valence-corrected chi connectivity index (χ3v) is 5.42. The summed E-state index contributed by atoms with van der Waals surface area (Å²) in [4.78, 5) is 0. The van der Waals surface area contributed by atoms with Gasteiger partial charge in [0.15, 0.2) is 0 Å². The van der Waals surface area contributed by atoms with Crippen LogP contribution in [0, 0.1) is 17.8 Å². The summed E-state index contributed by atoms with van der Waals surface area (Å²) in [5.74, 6) is -1.31. The van der Waals surface area contributed by atoms with Crippen LogP contribution in [0.5, 0.6) is 0 Å². The lowest BCUT2D eigenvalue weighted by Gasteiger charge is -2.39. The lowest BCUT2D eigenvalue weighted by atomic mass is 9.89. The Kier molecular flexibility index (Phi) is 7.93. The van der Waals surface area contributed by atoms with E-state index in [-0.39, 0.29) is 5.92 Å². The molecule has 0 spiro atoms. The highest BCUT2D eigenvalue weighted by molar-refractivity contribution is 7.82. The number of rotatable bonds is 11. The van der Waals surface area contributed by atoms with Gasteiger partial charge in [0.25, 0.3) is 0 Å². The van der Waals surface area contributed by atoms with Crippen LogP contribution in [0.15, 0.2) is 0 Å². The molecule has 1 saturated heterocycles. The minimum atomic E-state index is -4.14. The van der Waals surface area contributed by atoms with Crippen LogP contribution >= 0.6 is 0 Å². The monoisotopic (exact) mass is 352 g/mol. The predicted molar refractivity (Wildman–Crippen MR) is 87.5 cm³/mol. The summed E-state index contributed by atoms with van der Waals surface area (Å²) in [6.45, 7) is 8.58. The molecule has 6 nitrogen and oxygen atoms in total. The molecule has 1 aliphatic rings. The highest BCUT2D eigenvalue weighted by Crippen LogP contribution is 2.36. The molecule has 7 heteroatoms. The molecule has 1 heterocycles. The zero-order chi connectivity index (χ0) is 17.7. The Balaban J connectivity index is 2.31. The zero-order valence-corrected chi connectivity index (χ0v) is 15.5. The van der Waals surface area contributed by atoms with Crippen LogP contribution in [0.1, 0.15) is 72.6 Å². The van der Waals surface area contributed by atoms with Gasteiger partial charge in [0.05, 0.1) is 0 Å². The third-order valence-electron chi connectivity index (χ3n) is 4.54. The van der Waals surface area contributed by atoms with Crippen molar-refractivity contribution in [3.05, 3.63) is 0 Å². The third kappa shape index (κ3) is 6.66. The van der Waals surface area contributed by atoms with Crippen LogP contribution in [0.3, 0.4) is 0 Å². The summed E-state index contributed by atoms with van der Waals surface area (Å²) in [5, 5.41) is 19.9. The lowest BCUT2D eigenvalue weighted by molar-refractivity contribution is -0.374. The van der Waals surface area contributed by atoms with E-state index in [4.69, 9.17) is 0 Å². The van der Waals surface area contributed by atoms with Gasteiger partial charge in [0.1, 0.15) is 6.10 Å². The molecule has 23 heavy (non-hydrogen) atoms. The van der Waals surface area contributed by atoms with Crippen LogP contribution in [-0.2, 0) is 18.8 Å². The maximum Gasteiger partial charge on any atom is 0.409 e. The smallest absolute Gasteiger partial charge is 0.384 e. The van der Waals surface area contributed by atoms with Crippen LogP contribution in [0.4, 0.5) is 0 Å². The molecule has 1 rings (SSSR count). The van der Waals surface area contributed by atoms with Gasteiger partial charge in [0, 0.05) is 0 Å². The van der Waals surface area contributed by atoms with Crippen molar-refractivity contribution in [2.75, 3.05) is 0 Å². The molecular weight excluding hydrogens is 320 g/mol. The Morgan fingerprint density at radius 2 is 1.52 bits per heavy atom. The standard InChI is InChI=1S/C16H32O6S/c1-5-14(15(17)16(18)21-23(19,20)22-16)11-7-10-13(4)9-6-8-12(2)3/h12-15,17-18H,5-11H2,1-4H3. The Morgan fingerprint density at radius 3 is 1.96 bits per heavy atom. The first-order chi connectivity index (χ1) is 10.6. The Labute approximate surface area is 140 Å². The number of aliphatic hydroxyl groups excluding tert-OH is 1. The second-order valence-corrected chi connectivity index (χ2v) is 8.33. The van der Waals surface area contributed by atoms with Gasteiger partial charge in [-0.15, -0.1) is 0 Å². The van der Waals surface area contributed by atoms with E-state index in [1.165, 1.54) is 19.3 Å². The quantitative estimate of drug-likeness (QED) is 0.594. The summed E-state index contributed by atoms with van der Waals surface area (Å²) in [6, 6.07) is 0. The fourth-order valence-electron chi connectivity index (χ4n) is 3.03. The average molecular weight is 352 g/mol. The first-order valence-corrected chi connectivity index (χ1v) is 9.99. The highest BCUT2D eigenvalue weighted by Gasteiger charge is 2.58. The van der Waals surface area contributed by atoms with Crippen LogP contribution in [-0.4, -0.2) is 30.7 Å². The molecule has 0 bridgehead atoms. The van der Waals surface area contributed by atoms with Crippen LogP contribution in [0.25, 0.3) is 0 Å². The molecule has 3 unspecified atom stereocenters. The van der Waals surface area contributed by atoms with Crippen molar-refractivity contribution in [2.24, 2.45) is 17.8 Å². The fraction of sp³-hybridized carbons (Fsp3) is 1.00. The molecule has 0 aliphatic carbocycles. The van der Waals surface area contributed by atoms with Crippen molar-refractivity contribution in [3.63, 3.8) is 0 Å². The van der Waals surface area contributed by atoms with Crippen molar-refractivity contribution in [1.29, 1.82) is 0 Å². The zero-order valence-electron chi connectivity index (χ0n) is 14.7. The Bertz CT molecular complexity index is 435. The van der Waals surface area contributed by atoms with Gasteiger partial charge in [-0.1, -0.05) is 66.2 Å². The molecule has 2 N–H and O–H groups in total. The molecule has 3 atom stereocenters. The highest BCUT2D eigenvalue weighted by atomic mass is 32.3. The second-order valence-electron chi connectivity index (χ2n) is 7.18. The Hall–Kier alpha value is -0.210. The Morgan fingerprint density at radius 1 is 1.00 bits per heavy atom. The minimum Gasteiger partial charge on any atom is -0.384 e. The largest absolute Gasteiger partial charge is 0.409 e. The van der Waals surface area contributed by atoms with E-state index >= 15 is 0 Å². The van der Waals surface area contributed by atoms with Gasteiger partial charge in [-0.2, -0.15) is 16.8 Å². The van der Waals surface area contributed by atoms with E-state index in [1.807, 2.05) is 6.92 Å². The summed E-state index contributed by atoms with van der Waals surface area (Å²) in [5.41, 5.74) is 0. The van der Waals surface area contributed by atoms with E-state index in [2.05, 4.69) is 29.1 Å². The van der Waals surface area contributed by atoms with Crippen LogP contribution < -0.4 is 0 Å². The number of hydrogen-bond acceptors (Lipinski definition) is 6. The number of aliphatic hydroxyl groups is 2. The summed E-state index contributed by atoms with van der Waals surface area (Å²) < 4.78 is 30.3. The molecule has 0 radical (unpaired) electrons. The molecular formula is C16H32O6S. The first-order valence-electron chi connectivity index (χ1n) is 8.66. The van der Waals surface area contributed by atoms with E-state index in [0.29, 0.717) is 18.8 Å². The summed E-state index contributed by atoms with van der Waals surface area (Å²) in [7, 11) is -4.14. The number of hydrogen-bond donors (Lipinski definition) is 2.